The first-order valence-electron chi connectivity index (χ1n) is 5.66. The smallest absolute Gasteiger partial charge is 0.231 e. The maximum Gasteiger partial charge on any atom is 0.231 e. The lowest BCUT2D eigenvalue weighted by atomic mass is 10.1. The van der Waals surface area contributed by atoms with Gasteiger partial charge in [-0.05, 0) is 17.7 Å². The number of hydrogen-bond acceptors (Lipinski definition) is 4. The van der Waals surface area contributed by atoms with Crippen LogP contribution in [0.15, 0.2) is 18.2 Å². The number of hydrogen-bond donors (Lipinski definition) is 0. The van der Waals surface area contributed by atoms with Gasteiger partial charge in [-0.3, -0.25) is 4.79 Å². The summed E-state index contributed by atoms with van der Waals surface area (Å²) >= 11 is 0. The van der Waals surface area contributed by atoms with Crippen molar-refractivity contribution in [3.63, 3.8) is 0 Å². The molecule has 0 atom stereocenters. The standard InChI is InChI=1S/C13H16O4/c1-9(2)11(14)7-15-6-10-3-4-12-13(5-10)17-8-16-12/h3-5,9H,6-8H2,1-2H3. The van der Waals surface area contributed by atoms with E-state index in [1.165, 1.54) is 0 Å². The molecule has 0 saturated heterocycles. The zero-order valence-electron chi connectivity index (χ0n) is 10.1. The Labute approximate surface area is 100 Å². The van der Waals surface area contributed by atoms with Gasteiger partial charge in [0.1, 0.15) is 6.61 Å². The minimum absolute atomic E-state index is 0.0201. The van der Waals surface area contributed by atoms with Crippen molar-refractivity contribution in [2.75, 3.05) is 13.4 Å². The van der Waals surface area contributed by atoms with E-state index in [-0.39, 0.29) is 25.1 Å². The summed E-state index contributed by atoms with van der Waals surface area (Å²) in [7, 11) is 0. The molecule has 1 aromatic rings. The zero-order valence-corrected chi connectivity index (χ0v) is 10.1. The third kappa shape index (κ3) is 2.97. The van der Waals surface area contributed by atoms with Crippen LogP contribution in [-0.2, 0) is 16.1 Å². The number of ether oxygens (including phenoxy) is 3. The number of carbonyl (C=O) groups is 1. The van der Waals surface area contributed by atoms with Gasteiger partial charge in [0.15, 0.2) is 17.3 Å². The largest absolute Gasteiger partial charge is 0.454 e. The molecule has 1 aromatic carbocycles. The molecule has 4 nitrogen and oxygen atoms in total. The SMILES string of the molecule is CC(C)C(=O)COCc1ccc2c(c1)OCO2. The van der Waals surface area contributed by atoms with E-state index in [1.54, 1.807) is 0 Å². The molecule has 17 heavy (non-hydrogen) atoms. The number of carbonyl (C=O) groups excluding carboxylic acids is 1. The molecule has 1 aliphatic rings. The van der Waals surface area contributed by atoms with Crippen LogP contribution in [0.1, 0.15) is 19.4 Å². The minimum Gasteiger partial charge on any atom is -0.454 e. The van der Waals surface area contributed by atoms with Gasteiger partial charge in [0.05, 0.1) is 6.61 Å². The number of rotatable bonds is 5. The molecule has 4 heteroatoms. The number of benzene rings is 1. The van der Waals surface area contributed by atoms with Gasteiger partial charge in [-0.15, -0.1) is 0 Å². The van der Waals surface area contributed by atoms with E-state index in [0.29, 0.717) is 6.61 Å². The predicted octanol–water partition coefficient (Wildman–Crippen LogP) is 2.16. The summed E-state index contributed by atoms with van der Waals surface area (Å²) in [6.45, 7) is 4.57. The third-order valence-electron chi connectivity index (χ3n) is 2.59. The van der Waals surface area contributed by atoms with E-state index in [4.69, 9.17) is 14.2 Å². The van der Waals surface area contributed by atoms with Crippen LogP contribution in [-0.4, -0.2) is 19.2 Å². The van der Waals surface area contributed by atoms with Crippen LogP contribution in [0.3, 0.4) is 0 Å². The maximum absolute atomic E-state index is 11.4. The number of ketones is 1. The van der Waals surface area contributed by atoms with E-state index in [1.807, 2.05) is 32.0 Å². The molecule has 0 bridgehead atoms. The fourth-order valence-corrected chi connectivity index (χ4v) is 1.47. The molecule has 0 aliphatic carbocycles. The first-order valence-corrected chi connectivity index (χ1v) is 5.66. The summed E-state index contributed by atoms with van der Waals surface area (Å²) in [6, 6.07) is 5.64. The molecule has 0 spiro atoms. The van der Waals surface area contributed by atoms with Gasteiger partial charge >= 0.3 is 0 Å². The fourth-order valence-electron chi connectivity index (χ4n) is 1.47. The fraction of sp³-hybridized carbons (Fsp3) is 0.462. The minimum atomic E-state index is 0.0201. The van der Waals surface area contributed by atoms with Crippen molar-refractivity contribution in [2.24, 2.45) is 5.92 Å². The average Bonchev–Trinajstić information content (AvgIpc) is 2.75. The van der Waals surface area contributed by atoms with Gasteiger partial charge in [0, 0.05) is 5.92 Å². The van der Waals surface area contributed by atoms with Crippen molar-refractivity contribution in [1.29, 1.82) is 0 Å². The molecule has 2 rings (SSSR count). The summed E-state index contributed by atoms with van der Waals surface area (Å²) in [5.41, 5.74) is 0.978. The first-order chi connectivity index (χ1) is 8.16. The van der Waals surface area contributed by atoms with Crippen LogP contribution >= 0.6 is 0 Å². The van der Waals surface area contributed by atoms with E-state index in [0.717, 1.165) is 17.1 Å². The van der Waals surface area contributed by atoms with Crippen molar-refractivity contribution >= 4 is 5.78 Å². The van der Waals surface area contributed by atoms with E-state index >= 15 is 0 Å². The van der Waals surface area contributed by atoms with Crippen LogP contribution in [0, 0.1) is 5.92 Å². The molecule has 92 valence electrons. The third-order valence-corrected chi connectivity index (χ3v) is 2.59. The van der Waals surface area contributed by atoms with Gasteiger partial charge in [0.2, 0.25) is 6.79 Å². The second kappa shape index (κ2) is 5.19. The molecule has 0 N–H and O–H groups in total. The van der Waals surface area contributed by atoms with E-state index in [9.17, 15) is 4.79 Å². The highest BCUT2D eigenvalue weighted by Gasteiger charge is 2.13. The molecule has 1 heterocycles. The summed E-state index contributed by atoms with van der Waals surface area (Å²) in [5, 5.41) is 0. The molecule has 0 aromatic heterocycles. The normalized spacial score (nSPS) is 13.1. The van der Waals surface area contributed by atoms with Gasteiger partial charge in [0.25, 0.3) is 0 Å². The van der Waals surface area contributed by atoms with Gasteiger partial charge in [-0.25, -0.2) is 0 Å². The number of Topliss-reactive ketones (excluding diaryl/α,β-unsaturated/α-hetero) is 1. The Morgan fingerprint density at radius 3 is 2.88 bits per heavy atom. The van der Waals surface area contributed by atoms with Crippen LogP contribution in [0.25, 0.3) is 0 Å². The van der Waals surface area contributed by atoms with Crippen molar-refractivity contribution in [3.05, 3.63) is 23.8 Å². The second-order valence-electron chi connectivity index (χ2n) is 4.30. The summed E-state index contributed by atoms with van der Waals surface area (Å²) in [4.78, 5) is 11.4. The van der Waals surface area contributed by atoms with Gasteiger partial charge < -0.3 is 14.2 Å². The Kier molecular flexibility index (Phi) is 3.64. The Bertz CT molecular complexity index is 412. The Morgan fingerprint density at radius 1 is 1.35 bits per heavy atom. The lowest BCUT2D eigenvalue weighted by molar-refractivity contribution is -0.126. The molecule has 0 radical (unpaired) electrons. The Hall–Kier alpha value is -1.55. The topological polar surface area (TPSA) is 44.8 Å². The first kappa shape index (κ1) is 11.9. The van der Waals surface area contributed by atoms with Gasteiger partial charge in [-0.1, -0.05) is 19.9 Å². The summed E-state index contributed by atoms with van der Waals surface area (Å²) in [5.74, 6) is 1.63. The number of fused-ring (bicyclic) bond motifs is 1. The van der Waals surface area contributed by atoms with Crippen molar-refractivity contribution < 1.29 is 19.0 Å². The van der Waals surface area contributed by atoms with Crippen LogP contribution < -0.4 is 9.47 Å². The molecule has 0 saturated carbocycles. The molecule has 0 amide bonds. The van der Waals surface area contributed by atoms with Crippen LogP contribution in [0.5, 0.6) is 11.5 Å². The monoisotopic (exact) mass is 236 g/mol. The lowest BCUT2D eigenvalue weighted by Gasteiger charge is -2.06. The molecular formula is C13H16O4. The van der Waals surface area contributed by atoms with E-state index in [2.05, 4.69) is 0 Å². The van der Waals surface area contributed by atoms with Crippen LogP contribution in [0.2, 0.25) is 0 Å². The Morgan fingerprint density at radius 2 is 2.12 bits per heavy atom. The molecule has 0 unspecified atom stereocenters. The van der Waals surface area contributed by atoms with Crippen molar-refractivity contribution in [3.8, 4) is 11.5 Å². The van der Waals surface area contributed by atoms with Gasteiger partial charge in [-0.2, -0.15) is 0 Å². The molecule has 1 aliphatic heterocycles. The highest BCUT2D eigenvalue weighted by atomic mass is 16.7. The highest BCUT2D eigenvalue weighted by Crippen LogP contribution is 2.32. The quantitative estimate of drug-likeness (QED) is 0.785. The van der Waals surface area contributed by atoms with Crippen molar-refractivity contribution in [1.82, 2.24) is 0 Å². The zero-order chi connectivity index (χ0) is 12.3. The Balaban J connectivity index is 1.85. The second-order valence-corrected chi connectivity index (χ2v) is 4.30. The van der Waals surface area contributed by atoms with E-state index < -0.39 is 0 Å². The van der Waals surface area contributed by atoms with Crippen molar-refractivity contribution in [2.45, 2.75) is 20.5 Å². The predicted molar refractivity (Wildman–Crippen MR) is 62.1 cm³/mol. The summed E-state index contributed by atoms with van der Waals surface area (Å²) in [6.07, 6.45) is 0. The average molecular weight is 236 g/mol. The summed E-state index contributed by atoms with van der Waals surface area (Å²) < 4.78 is 15.8. The lowest BCUT2D eigenvalue weighted by Crippen LogP contribution is -2.14. The highest BCUT2D eigenvalue weighted by molar-refractivity contribution is 5.81. The molecule has 0 fully saturated rings. The molecular weight excluding hydrogens is 220 g/mol. The van der Waals surface area contributed by atoms with Crippen LogP contribution in [0.4, 0.5) is 0 Å². The maximum atomic E-state index is 11.4.